The Hall–Kier alpha value is -2.20. The van der Waals surface area contributed by atoms with Crippen molar-refractivity contribution >= 4 is 23.3 Å². The summed E-state index contributed by atoms with van der Waals surface area (Å²) in [5.41, 5.74) is 7.37. The SMILES string of the molecule is CCOC(=O)c1cccc(OCc2ccccc2Cl)c1N. The third-order valence-electron chi connectivity index (χ3n) is 2.90. The molecule has 0 aromatic heterocycles. The molecule has 0 saturated heterocycles. The standard InChI is InChI=1S/C16H16ClNO3/c1-2-20-16(19)12-7-5-9-14(15(12)18)21-10-11-6-3-4-8-13(11)17/h3-9H,2,10,18H2,1H3. The van der Waals surface area contributed by atoms with Gasteiger partial charge in [-0.15, -0.1) is 0 Å². The molecule has 5 heteroatoms. The van der Waals surface area contributed by atoms with Crippen molar-refractivity contribution in [2.24, 2.45) is 0 Å². The zero-order valence-corrected chi connectivity index (χ0v) is 12.4. The molecule has 2 N–H and O–H groups in total. The zero-order valence-electron chi connectivity index (χ0n) is 11.6. The molecule has 0 fully saturated rings. The quantitative estimate of drug-likeness (QED) is 0.676. The fraction of sp³-hybridized carbons (Fsp3) is 0.188. The summed E-state index contributed by atoms with van der Waals surface area (Å²) in [5, 5.41) is 0.623. The lowest BCUT2D eigenvalue weighted by Gasteiger charge is -2.12. The minimum Gasteiger partial charge on any atom is -0.487 e. The van der Waals surface area contributed by atoms with E-state index in [1.807, 2.05) is 18.2 Å². The number of benzene rings is 2. The number of carbonyl (C=O) groups is 1. The fourth-order valence-electron chi connectivity index (χ4n) is 1.83. The highest BCUT2D eigenvalue weighted by atomic mass is 35.5. The average molecular weight is 306 g/mol. The number of para-hydroxylation sites is 1. The van der Waals surface area contributed by atoms with Gasteiger partial charge in [0.15, 0.2) is 0 Å². The van der Waals surface area contributed by atoms with Crippen molar-refractivity contribution in [1.82, 2.24) is 0 Å². The van der Waals surface area contributed by atoms with E-state index in [2.05, 4.69) is 0 Å². The van der Waals surface area contributed by atoms with Gasteiger partial charge >= 0.3 is 5.97 Å². The van der Waals surface area contributed by atoms with Crippen LogP contribution in [0.25, 0.3) is 0 Å². The van der Waals surface area contributed by atoms with Crippen molar-refractivity contribution in [3.8, 4) is 5.75 Å². The van der Waals surface area contributed by atoms with E-state index in [1.54, 1.807) is 31.2 Å². The second-order valence-corrected chi connectivity index (χ2v) is 4.73. The number of nitrogens with two attached hydrogens (primary N) is 1. The lowest BCUT2D eigenvalue weighted by molar-refractivity contribution is 0.0527. The van der Waals surface area contributed by atoms with Crippen LogP contribution in [0.4, 0.5) is 5.69 Å². The Morgan fingerprint density at radius 2 is 1.95 bits per heavy atom. The summed E-state index contributed by atoms with van der Waals surface area (Å²) in [7, 11) is 0. The van der Waals surface area contributed by atoms with Crippen LogP contribution in [-0.2, 0) is 11.3 Å². The van der Waals surface area contributed by atoms with Crippen molar-refractivity contribution < 1.29 is 14.3 Å². The van der Waals surface area contributed by atoms with E-state index in [-0.39, 0.29) is 12.3 Å². The summed E-state index contributed by atoms with van der Waals surface area (Å²) < 4.78 is 10.6. The molecular weight excluding hydrogens is 290 g/mol. The summed E-state index contributed by atoms with van der Waals surface area (Å²) in [6.07, 6.45) is 0. The highest BCUT2D eigenvalue weighted by molar-refractivity contribution is 6.31. The number of carbonyl (C=O) groups excluding carboxylic acids is 1. The maximum atomic E-state index is 11.8. The summed E-state index contributed by atoms with van der Waals surface area (Å²) in [6, 6.07) is 12.4. The molecule has 0 amide bonds. The summed E-state index contributed by atoms with van der Waals surface area (Å²) in [6.45, 7) is 2.31. The van der Waals surface area contributed by atoms with Crippen LogP contribution in [0.2, 0.25) is 5.02 Å². The van der Waals surface area contributed by atoms with Gasteiger partial charge in [0.2, 0.25) is 0 Å². The predicted molar refractivity (Wildman–Crippen MR) is 82.6 cm³/mol. The van der Waals surface area contributed by atoms with E-state index in [9.17, 15) is 4.79 Å². The normalized spacial score (nSPS) is 10.2. The molecule has 0 saturated carbocycles. The Labute approximate surface area is 128 Å². The van der Waals surface area contributed by atoms with Gasteiger partial charge in [-0.25, -0.2) is 4.79 Å². The maximum Gasteiger partial charge on any atom is 0.340 e. The van der Waals surface area contributed by atoms with Crippen LogP contribution in [0.3, 0.4) is 0 Å². The molecule has 0 heterocycles. The van der Waals surface area contributed by atoms with Crippen molar-refractivity contribution in [1.29, 1.82) is 0 Å². The molecule has 0 radical (unpaired) electrons. The Kier molecular flexibility index (Phi) is 5.06. The van der Waals surface area contributed by atoms with Crippen LogP contribution >= 0.6 is 11.6 Å². The van der Waals surface area contributed by atoms with Gasteiger partial charge in [-0.1, -0.05) is 35.9 Å². The second kappa shape index (κ2) is 6.99. The van der Waals surface area contributed by atoms with Crippen LogP contribution < -0.4 is 10.5 Å². The van der Waals surface area contributed by atoms with Gasteiger partial charge < -0.3 is 15.2 Å². The Morgan fingerprint density at radius 3 is 2.67 bits per heavy atom. The minimum absolute atomic E-state index is 0.267. The lowest BCUT2D eigenvalue weighted by Crippen LogP contribution is -2.09. The van der Waals surface area contributed by atoms with Crippen molar-refractivity contribution in [3.63, 3.8) is 0 Å². The van der Waals surface area contributed by atoms with Crippen molar-refractivity contribution in [3.05, 3.63) is 58.6 Å². The number of rotatable bonds is 5. The number of esters is 1. The maximum absolute atomic E-state index is 11.8. The Bertz CT molecular complexity index is 643. The van der Waals surface area contributed by atoms with E-state index < -0.39 is 5.97 Å². The zero-order chi connectivity index (χ0) is 15.2. The van der Waals surface area contributed by atoms with Gasteiger partial charge in [0.1, 0.15) is 12.4 Å². The molecule has 0 aliphatic rings. The number of nitrogen functional groups attached to an aromatic ring is 1. The molecule has 110 valence electrons. The molecule has 21 heavy (non-hydrogen) atoms. The van der Waals surface area contributed by atoms with Gasteiger partial charge in [-0.2, -0.15) is 0 Å². The molecule has 2 aromatic carbocycles. The molecule has 0 aliphatic carbocycles. The summed E-state index contributed by atoms with van der Waals surface area (Å²) >= 11 is 6.07. The van der Waals surface area contributed by atoms with Gasteiger partial charge in [0, 0.05) is 10.6 Å². The van der Waals surface area contributed by atoms with E-state index in [4.69, 9.17) is 26.8 Å². The molecule has 0 bridgehead atoms. The third-order valence-corrected chi connectivity index (χ3v) is 3.27. The third kappa shape index (κ3) is 3.67. The minimum atomic E-state index is -0.460. The topological polar surface area (TPSA) is 61.5 Å². The first-order valence-corrected chi connectivity index (χ1v) is 6.93. The number of ether oxygens (including phenoxy) is 2. The first-order valence-electron chi connectivity index (χ1n) is 6.55. The van der Waals surface area contributed by atoms with Crippen LogP contribution in [0, 0.1) is 0 Å². The summed E-state index contributed by atoms with van der Waals surface area (Å²) in [5.74, 6) is -0.0290. The number of hydrogen-bond donors (Lipinski definition) is 1. The molecule has 0 atom stereocenters. The molecule has 4 nitrogen and oxygen atoms in total. The number of anilines is 1. The summed E-state index contributed by atoms with van der Waals surface area (Å²) in [4.78, 5) is 11.8. The van der Waals surface area contributed by atoms with E-state index >= 15 is 0 Å². The Morgan fingerprint density at radius 1 is 1.19 bits per heavy atom. The van der Waals surface area contributed by atoms with Gasteiger partial charge in [-0.05, 0) is 25.1 Å². The van der Waals surface area contributed by atoms with Crippen LogP contribution in [0.1, 0.15) is 22.8 Å². The molecule has 2 aromatic rings. The first-order chi connectivity index (χ1) is 10.1. The largest absolute Gasteiger partial charge is 0.487 e. The second-order valence-electron chi connectivity index (χ2n) is 4.32. The van der Waals surface area contributed by atoms with Crippen molar-refractivity contribution in [2.45, 2.75) is 13.5 Å². The van der Waals surface area contributed by atoms with Crippen LogP contribution in [-0.4, -0.2) is 12.6 Å². The molecule has 0 aliphatic heterocycles. The first kappa shape index (κ1) is 15.2. The molecule has 2 rings (SSSR count). The fourth-order valence-corrected chi connectivity index (χ4v) is 2.02. The lowest BCUT2D eigenvalue weighted by atomic mass is 10.1. The number of hydrogen-bond acceptors (Lipinski definition) is 4. The molecular formula is C16H16ClNO3. The number of halogens is 1. The molecule has 0 spiro atoms. The Balaban J connectivity index is 2.16. The van der Waals surface area contributed by atoms with E-state index in [0.29, 0.717) is 22.9 Å². The van der Waals surface area contributed by atoms with E-state index in [0.717, 1.165) is 5.56 Å². The average Bonchev–Trinajstić information content (AvgIpc) is 2.48. The van der Waals surface area contributed by atoms with Gasteiger partial charge in [-0.3, -0.25) is 0 Å². The highest BCUT2D eigenvalue weighted by Gasteiger charge is 2.14. The highest BCUT2D eigenvalue weighted by Crippen LogP contribution is 2.27. The monoisotopic (exact) mass is 305 g/mol. The van der Waals surface area contributed by atoms with Crippen LogP contribution in [0.5, 0.6) is 5.75 Å². The van der Waals surface area contributed by atoms with E-state index in [1.165, 1.54) is 0 Å². The van der Waals surface area contributed by atoms with Crippen LogP contribution in [0.15, 0.2) is 42.5 Å². The molecule has 0 unspecified atom stereocenters. The smallest absolute Gasteiger partial charge is 0.340 e. The van der Waals surface area contributed by atoms with Gasteiger partial charge in [0.25, 0.3) is 0 Å². The van der Waals surface area contributed by atoms with Gasteiger partial charge in [0.05, 0.1) is 17.9 Å². The predicted octanol–water partition coefficient (Wildman–Crippen LogP) is 3.68. The van der Waals surface area contributed by atoms with Crippen molar-refractivity contribution in [2.75, 3.05) is 12.3 Å².